The summed E-state index contributed by atoms with van der Waals surface area (Å²) >= 11 is 0. The van der Waals surface area contributed by atoms with E-state index in [9.17, 15) is 4.39 Å². The van der Waals surface area contributed by atoms with E-state index in [2.05, 4.69) is 44.3 Å². The average molecular weight is 285 g/mol. The minimum absolute atomic E-state index is 0.173. The molecule has 1 nitrogen and oxygen atoms in total. The van der Waals surface area contributed by atoms with E-state index in [0.717, 1.165) is 19.5 Å². The Bertz CT molecular complexity index is 554. The molecule has 0 amide bonds. The summed E-state index contributed by atoms with van der Waals surface area (Å²) in [6, 6.07) is 13.4. The van der Waals surface area contributed by atoms with Gasteiger partial charge in [-0.25, -0.2) is 4.39 Å². The van der Waals surface area contributed by atoms with Crippen LogP contribution in [0.4, 0.5) is 4.39 Å². The van der Waals surface area contributed by atoms with Gasteiger partial charge in [0.05, 0.1) is 0 Å². The maximum Gasteiger partial charge on any atom is 0.123 e. The molecule has 1 unspecified atom stereocenters. The van der Waals surface area contributed by atoms with Crippen molar-refractivity contribution in [2.24, 2.45) is 0 Å². The number of likely N-dealkylation sites (N-methyl/N-ethyl adjacent to an activating group) is 1. The fourth-order valence-corrected chi connectivity index (χ4v) is 2.78. The first kappa shape index (κ1) is 15.7. The maximum absolute atomic E-state index is 13.1. The summed E-state index contributed by atoms with van der Waals surface area (Å²) in [6.45, 7) is 8.30. The summed E-state index contributed by atoms with van der Waals surface area (Å²) in [7, 11) is 0. The molecule has 0 aliphatic rings. The fourth-order valence-electron chi connectivity index (χ4n) is 2.78. The van der Waals surface area contributed by atoms with Crippen molar-refractivity contribution in [3.8, 4) is 0 Å². The number of rotatable bonds is 6. The number of halogens is 1. The Hall–Kier alpha value is -1.67. The van der Waals surface area contributed by atoms with E-state index < -0.39 is 0 Å². The summed E-state index contributed by atoms with van der Waals surface area (Å²) in [5.74, 6) is 0.193. The predicted molar refractivity (Wildman–Crippen MR) is 87.3 cm³/mol. The Morgan fingerprint density at radius 1 is 1.00 bits per heavy atom. The highest BCUT2D eigenvalue weighted by Crippen LogP contribution is 2.24. The van der Waals surface area contributed by atoms with Crippen LogP contribution >= 0.6 is 0 Å². The third kappa shape index (κ3) is 4.15. The number of hydrogen-bond acceptors (Lipinski definition) is 1. The van der Waals surface area contributed by atoms with Crippen molar-refractivity contribution in [1.82, 2.24) is 5.32 Å². The largest absolute Gasteiger partial charge is 0.316 e. The molecule has 2 heteroatoms. The zero-order valence-electron chi connectivity index (χ0n) is 13.1. The highest BCUT2D eigenvalue weighted by atomic mass is 19.1. The van der Waals surface area contributed by atoms with Crippen LogP contribution in [0.5, 0.6) is 0 Å². The lowest BCUT2D eigenvalue weighted by molar-refractivity contribution is 0.588. The highest BCUT2D eigenvalue weighted by molar-refractivity contribution is 5.36. The monoisotopic (exact) mass is 285 g/mol. The number of nitrogens with one attached hydrogen (secondary N) is 1. The smallest absolute Gasteiger partial charge is 0.123 e. The molecule has 0 radical (unpaired) electrons. The molecule has 2 rings (SSSR count). The standard InChI is InChI=1S/C19H24FN/c1-4-21-13-17(16-8-10-18(20)11-9-16)12-19-14(2)6-5-7-15(19)3/h5-11,17,21H,4,12-13H2,1-3H3. The molecule has 0 aromatic heterocycles. The zero-order valence-corrected chi connectivity index (χ0v) is 13.1. The quantitative estimate of drug-likeness (QED) is 0.830. The van der Waals surface area contributed by atoms with E-state index in [0.29, 0.717) is 5.92 Å². The van der Waals surface area contributed by atoms with Gasteiger partial charge in [0, 0.05) is 12.5 Å². The van der Waals surface area contributed by atoms with Crippen molar-refractivity contribution < 1.29 is 4.39 Å². The Balaban J connectivity index is 2.26. The van der Waals surface area contributed by atoms with Crippen molar-refractivity contribution in [1.29, 1.82) is 0 Å². The third-order valence-electron chi connectivity index (χ3n) is 4.08. The van der Waals surface area contributed by atoms with E-state index >= 15 is 0 Å². The van der Waals surface area contributed by atoms with Gasteiger partial charge in [0.1, 0.15) is 5.82 Å². The third-order valence-corrected chi connectivity index (χ3v) is 4.08. The van der Waals surface area contributed by atoms with Gasteiger partial charge in [0.15, 0.2) is 0 Å². The van der Waals surface area contributed by atoms with Crippen LogP contribution in [-0.2, 0) is 6.42 Å². The second kappa shape index (κ2) is 7.37. The van der Waals surface area contributed by atoms with Crippen LogP contribution in [-0.4, -0.2) is 13.1 Å². The normalized spacial score (nSPS) is 12.4. The summed E-state index contributed by atoms with van der Waals surface area (Å²) in [5.41, 5.74) is 5.27. The molecular weight excluding hydrogens is 261 g/mol. The fraction of sp³-hybridized carbons (Fsp3) is 0.368. The molecule has 0 fully saturated rings. The van der Waals surface area contributed by atoms with Crippen molar-refractivity contribution in [3.05, 3.63) is 70.5 Å². The average Bonchev–Trinajstić information content (AvgIpc) is 2.47. The van der Waals surface area contributed by atoms with Crippen molar-refractivity contribution in [3.63, 3.8) is 0 Å². The summed E-state index contributed by atoms with van der Waals surface area (Å²) in [4.78, 5) is 0. The second-order valence-corrected chi connectivity index (χ2v) is 5.63. The molecule has 112 valence electrons. The first-order valence-electron chi connectivity index (χ1n) is 7.63. The van der Waals surface area contributed by atoms with Crippen LogP contribution in [0.25, 0.3) is 0 Å². The molecule has 0 aliphatic heterocycles. The minimum Gasteiger partial charge on any atom is -0.316 e. The van der Waals surface area contributed by atoms with Crippen LogP contribution in [0.2, 0.25) is 0 Å². The Morgan fingerprint density at radius 2 is 1.62 bits per heavy atom. The van der Waals surface area contributed by atoms with Gasteiger partial charge in [-0.3, -0.25) is 0 Å². The van der Waals surface area contributed by atoms with Gasteiger partial charge in [0.2, 0.25) is 0 Å². The van der Waals surface area contributed by atoms with Crippen LogP contribution in [0.3, 0.4) is 0 Å². The Kier molecular flexibility index (Phi) is 5.51. The maximum atomic E-state index is 13.1. The lowest BCUT2D eigenvalue weighted by Crippen LogP contribution is -2.23. The molecule has 0 saturated heterocycles. The van der Waals surface area contributed by atoms with E-state index in [1.54, 1.807) is 12.1 Å². The van der Waals surface area contributed by atoms with Gasteiger partial charge in [-0.1, -0.05) is 37.3 Å². The van der Waals surface area contributed by atoms with E-state index in [1.807, 2.05) is 12.1 Å². The van der Waals surface area contributed by atoms with E-state index in [-0.39, 0.29) is 5.82 Å². The van der Waals surface area contributed by atoms with Crippen LogP contribution in [0, 0.1) is 19.7 Å². The predicted octanol–water partition coefficient (Wildman–Crippen LogP) is 4.38. The summed E-state index contributed by atoms with van der Waals surface area (Å²) < 4.78 is 13.1. The molecule has 0 saturated carbocycles. The molecule has 1 atom stereocenters. The molecule has 0 heterocycles. The van der Waals surface area contributed by atoms with E-state index in [4.69, 9.17) is 0 Å². The van der Waals surface area contributed by atoms with Gasteiger partial charge >= 0.3 is 0 Å². The van der Waals surface area contributed by atoms with Crippen LogP contribution in [0.1, 0.15) is 35.1 Å². The topological polar surface area (TPSA) is 12.0 Å². The van der Waals surface area contributed by atoms with Gasteiger partial charge in [-0.2, -0.15) is 0 Å². The molecule has 2 aromatic carbocycles. The van der Waals surface area contributed by atoms with Gasteiger partial charge in [-0.15, -0.1) is 0 Å². The lowest BCUT2D eigenvalue weighted by Gasteiger charge is -2.20. The molecule has 0 spiro atoms. The molecule has 1 N–H and O–H groups in total. The van der Waals surface area contributed by atoms with Crippen LogP contribution in [0.15, 0.2) is 42.5 Å². The molecule has 2 aromatic rings. The first-order valence-corrected chi connectivity index (χ1v) is 7.63. The van der Waals surface area contributed by atoms with Crippen molar-refractivity contribution in [2.75, 3.05) is 13.1 Å². The highest BCUT2D eigenvalue weighted by Gasteiger charge is 2.14. The van der Waals surface area contributed by atoms with Gasteiger partial charge in [0.25, 0.3) is 0 Å². The Labute approximate surface area is 127 Å². The number of hydrogen-bond donors (Lipinski definition) is 1. The van der Waals surface area contributed by atoms with Crippen molar-refractivity contribution >= 4 is 0 Å². The SMILES string of the molecule is CCNCC(Cc1c(C)cccc1C)c1ccc(F)cc1. The lowest BCUT2D eigenvalue weighted by atomic mass is 9.88. The molecular formula is C19H24FN. The van der Waals surface area contributed by atoms with Gasteiger partial charge in [-0.05, 0) is 61.2 Å². The Morgan fingerprint density at radius 3 is 2.19 bits per heavy atom. The minimum atomic E-state index is -0.173. The van der Waals surface area contributed by atoms with Gasteiger partial charge < -0.3 is 5.32 Å². The number of benzene rings is 2. The van der Waals surface area contributed by atoms with E-state index in [1.165, 1.54) is 22.3 Å². The van der Waals surface area contributed by atoms with Crippen molar-refractivity contribution in [2.45, 2.75) is 33.1 Å². The zero-order chi connectivity index (χ0) is 15.2. The van der Waals surface area contributed by atoms with Crippen LogP contribution < -0.4 is 5.32 Å². The second-order valence-electron chi connectivity index (χ2n) is 5.63. The summed E-state index contributed by atoms with van der Waals surface area (Å²) in [5, 5.41) is 3.43. The molecule has 0 aliphatic carbocycles. The molecule has 0 bridgehead atoms. The molecule has 21 heavy (non-hydrogen) atoms. The first-order chi connectivity index (χ1) is 10.1. The number of aryl methyl sites for hydroxylation is 2. The summed E-state index contributed by atoms with van der Waals surface area (Å²) in [6.07, 6.45) is 0.983.